The second-order valence-corrected chi connectivity index (χ2v) is 8.33. The van der Waals surface area contributed by atoms with Crippen LogP contribution in [-0.2, 0) is 32.0 Å². The first-order chi connectivity index (χ1) is 16.8. The van der Waals surface area contributed by atoms with E-state index in [0.29, 0.717) is 17.8 Å². The Morgan fingerprint density at radius 3 is 2.26 bits per heavy atom. The standard InChI is InChI=1S/C18H24N4O4.C7H6O2/c1-4-14-16-18(20-9-19-14)22(10-21-16)8-15(25-11(2)23)17(26-12(3)24)13-6-5-7-13;8-7(9)6-4-2-1-3-5-6/h9-10,13,15,17H,4-8H2,1-3H3;1-5H,(H,8,9)/t15-,17?;/m1./s1. The van der Waals surface area contributed by atoms with Gasteiger partial charge in [0, 0.05) is 13.8 Å². The lowest BCUT2D eigenvalue weighted by Gasteiger charge is -2.37. The predicted octanol–water partition coefficient (Wildman–Crippen LogP) is 3.44. The molecular weight excluding hydrogens is 452 g/mol. The Balaban J connectivity index is 0.000000320. The fourth-order valence-corrected chi connectivity index (χ4v) is 3.95. The molecular formula is C25H30N4O6. The Kier molecular flexibility index (Phi) is 8.88. The summed E-state index contributed by atoms with van der Waals surface area (Å²) in [6, 6.07) is 8.30. The maximum Gasteiger partial charge on any atom is 0.335 e. The third-order valence-corrected chi connectivity index (χ3v) is 5.81. The number of aryl methyl sites for hydroxylation is 1. The van der Waals surface area contributed by atoms with E-state index in [1.54, 1.807) is 36.7 Å². The number of nitrogens with zero attached hydrogens (tertiary/aromatic N) is 4. The number of aromatic carboxylic acids is 1. The molecule has 10 heteroatoms. The number of benzene rings is 1. The topological polar surface area (TPSA) is 134 Å². The molecule has 2 atom stereocenters. The molecule has 2 aromatic heterocycles. The van der Waals surface area contributed by atoms with Crippen molar-refractivity contribution < 1.29 is 29.0 Å². The van der Waals surface area contributed by atoms with Gasteiger partial charge < -0.3 is 19.1 Å². The van der Waals surface area contributed by atoms with Gasteiger partial charge in [-0.2, -0.15) is 0 Å². The highest BCUT2D eigenvalue weighted by molar-refractivity contribution is 5.87. The van der Waals surface area contributed by atoms with Gasteiger partial charge in [-0.25, -0.2) is 19.7 Å². The molecule has 35 heavy (non-hydrogen) atoms. The summed E-state index contributed by atoms with van der Waals surface area (Å²) in [6.07, 6.45) is 5.90. The zero-order valence-corrected chi connectivity index (χ0v) is 20.1. The van der Waals surface area contributed by atoms with Gasteiger partial charge in [0.2, 0.25) is 0 Å². The first kappa shape index (κ1) is 25.8. The summed E-state index contributed by atoms with van der Waals surface area (Å²) in [7, 11) is 0. The molecule has 1 fully saturated rings. The van der Waals surface area contributed by atoms with Crippen LogP contribution in [0.3, 0.4) is 0 Å². The van der Waals surface area contributed by atoms with Crippen molar-refractivity contribution in [3.8, 4) is 0 Å². The van der Waals surface area contributed by atoms with Crippen LogP contribution in [0.4, 0.5) is 0 Å². The molecule has 2 heterocycles. The maximum atomic E-state index is 11.7. The lowest BCUT2D eigenvalue weighted by Crippen LogP contribution is -2.44. The van der Waals surface area contributed by atoms with E-state index in [0.717, 1.165) is 36.9 Å². The van der Waals surface area contributed by atoms with Crippen LogP contribution in [0, 0.1) is 5.92 Å². The molecule has 1 aromatic carbocycles. The number of carboxylic acid groups (broad SMARTS) is 1. The molecule has 0 bridgehead atoms. The molecule has 1 unspecified atom stereocenters. The van der Waals surface area contributed by atoms with Gasteiger partial charge in [0.05, 0.1) is 24.1 Å². The highest BCUT2D eigenvalue weighted by Crippen LogP contribution is 2.34. The molecule has 3 aromatic rings. The molecule has 0 aliphatic heterocycles. The van der Waals surface area contributed by atoms with Gasteiger partial charge in [-0.05, 0) is 37.3 Å². The molecule has 186 valence electrons. The van der Waals surface area contributed by atoms with Crippen molar-refractivity contribution in [2.75, 3.05) is 0 Å². The first-order valence-electron chi connectivity index (χ1n) is 11.6. The monoisotopic (exact) mass is 482 g/mol. The van der Waals surface area contributed by atoms with Crippen LogP contribution < -0.4 is 0 Å². The molecule has 4 rings (SSSR count). The van der Waals surface area contributed by atoms with Crippen molar-refractivity contribution in [3.63, 3.8) is 0 Å². The van der Waals surface area contributed by atoms with Crippen LogP contribution in [0.1, 0.15) is 56.1 Å². The van der Waals surface area contributed by atoms with Gasteiger partial charge in [-0.15, -0.1) is 0 Å². The third kappa shape index (κ3) is 6.84. The number of fused-ring (bicyclic) bond motifs is 1. The van der Waals surface area contributed by atoms with E-state index in [4.69, 9.17) is 14.6 Å². The SMILES string of the molecule is CCc1ncnc2c1ncn2C[C@@H](OC(C)=O)C(OC(C)=O)C1CCC1.O=C(O)c1ccccc1. The van der Waals surface area contributed by atoms with Crippen molar-refractivity contribution in [1.82, 2.24) is 19.5 Å². The minimum absolute atomic E-state index is 0.207. The molecule has 1 aliphatic rings. The van der Waals surface area contributed by atoms with Crippen LogP contribution >= 0.6 is 0 Å². The summed E-state index contributed by atoms with van der Waals surface area (Å²) in [6.45, 7) is 5.08. The number of hydrogen-bond acceptors (Lipinski definition) is 8. The van der Waals surface area contributed by atoms with E-state index in [9.17, 15) is 14.4 Å². The lowest BCUT2D eigenvalue weighted by atomic mass is 9.79. The van der Waals surface area contributed by atoms with E-state index >= 15 is 0 Å². The molecule has 1 aliphatic carbocycles. The molecule has 0 spiro atoms. The van der Waals surface area contributed by atoms with Crippen LogP contribution in [0.5, 0.6) is 0 Å². The Bertz CT molecular complexity index is 1160. The fourth-order valence-electron chi connectivity index (χ4n) is 3.95. The van der Waals surface area contributed by atoms with Crippen LogP contribution in [0.2, 0.25) is 0 Å². The summed E-state index contributed by atoms with van der Waals surface area (Å²) in [4.78, 5) is 46.4. The number of carbonyl (C=O) groups excluding carboxylic acids is 2. The zero-order chi connectivity index (χ0) is 25.4. The van der Waals surface area contributed by atoms with E-state index in [2.05, 4.69) is 15.0 Å². The number of esters is 2. The average molecular weight is 483 g/mol. The van der Waals surface area contributed by atoms with E-state index in [1.165, 1.54) is 20.2 Å². The van der Waals surface area contributed by atoms with E-state index in [1.807, 2.05) is 11.5 Å². The summed E-state index contributed by atoms with van der Waals surface area (Å²) in [5.74, 6) is -1.45. The highest BCUT2D eigenvalue weighted by Gasteiger charge is 2.38. The molecule has 0 radical (unpaired) electrons. The Labute approximate surface area is 203 Å². The van der Waals surface area contributed by atoms with Crippen molar-refractivity contribution in [2.45, 2.75) is 65.2 Å². The Hall–Kier alpha value is -3.82. The highest BCUT2D eigenvalue weighted by atomic mass is 16.6. The summed E-state index contributed by atoms with van der Waals surface area (Å²) >= 11 is 0. The number of hydrogen-bond donors (Lipinski definition) is 1. The van der Waals surface area contributed by atoms with Crippen molar-refractivity contribution in [2.24, 2.45) is 5.92 Å². The minimum Gasteiger partial charge on any atom is -0.478 e. The second-order valence-electron chi connectivity index (χ2n) is 8.33. The van der Waals surface area contributed by atoms with Crippen molar-refractivity contribution in [3.05, 3.63) is 54.2 Å². The van der Waals surface area contributed by atoms with Gasteiger partial charge in [-0.1, -0.05) is 31.5 Å². The van der Waals surface area contributed by atoms with Crippen LogP contribution in [0.25, 0.3) is 11.2 Å². The fraction of sp³-hybridized carbons (Fsp3) is 0.440. The zero-order valence-electron chi connectivity index (χ0n) is 20.1. The summed E-state index contributed by atoms with van der Waals surface area (Å²) in [5, 5.41) is 8.38. The minimum atomic E-state index is -0.879. The number of carbonyl (C=O) groups is 3. The Morgan fingerprint density at radius 2 is 1.74 bits per heavy atom. The van der Waals surface area contributed by atoms with Crippen molar-refractivity contribution in [1.29, 1.82) is 0 Å². The van der Waals surface area contributed by atoms with Gasteiger partial charge in [0.15, 0.2) is 11.8 Å². The number of aromatic nitrogens is 4. The molecule has 1 saturated carbocycles. The van der Waals surface area contributed by atoms with Gasteiger partial charge in [0.1, 0.15) is 17.9 Å². The first-order valence-corrected chi connectivity index (χ1v) is 11.6. The third-order valence-electron chi connectivity index (χ3n) is 5.81. The summed E-state index contributed by atoms with van der Waals surface area (Å²) < 4.78 is 12.9. The molecule has 1 N–H and O–H groups in total. The Morgan fingerprint density at radius 1 is 1.06 bits per heavy atom. The number of imidazole rings is 1. The quantitative estimate of drug-likeness (QED) is 0.479. The summed E-state index contributed by atoms with van der Waals surface area (Å²) in [5.41, 5.74) is 2.62. The maximum absolute atomic E-state index is 11.7. The van der Waals surface area contributed by atoms with E-state index in [-0.39, 0.29) is 11.9 Å². The number of rotatable bonds is 8. The van der Waals surface area contributed by atoms with E-state index < -0.39 is 24.1 Å². The number of carboxylic acids is 1. The normalized spacial score (nSPS) is 14.7. The van der Waals surface area contributed by atoms with Gasteiger partial charge in [-0.3, -0.25) is 9.59 Å². The van der Waals surface area contributed by atoms with Crippen molar-refractivity contribution >= 4 is 29.1 Å². The largest absolute Gasteiger partial charge is 0.478 e. The molecule has 0 saturated heterocycles. The molecule has 10 nitrogen and oxygen atoms in total. The average Bonchev–Trinajstić information content (AvgIpc) is 3.20. The lowest BCUT2D eigenvalue weighted by molar-refractivity contribution is -0.174. The smallest absolute Gasteiger partial charge is 0.335 e. The van der Waals surface area contributed by atoms with Crippen LogP contribution in [-0.4, -0.2) is 54.7 Å². The van der Waals surface area contributed by atoms with Crippen LogP contribution in [0.15, 0.2) is 43.0 Å². The van der Waals surface area contributed by atoms with Gasteiger partial charge in [0.25, 0.3) is 0 Å². The molecule has 0 amide bonds. The number of ether oxygens (including phenoxy) is 2. The van der Waals surface area contributed by atoms with Gasteiger partial charge >= 0.3 is 17.9 Å². The second kappa shape index (κ2) is 12.0. The predicted molar refractivity (Wildman–Crippen MR) is 127 cm³/mol.